The Morgan fingerprint density at radius 1 is 1.33 bits per heavy atom. The Bertz CT molecular complexity index is 781. The lowest BCUT2D eigenvalue weighted by atomic mass is 10.1. The van der Waals surface area contributed by atoms with Crippen molar-refractivity contribution in [2.24, 2.45) is 4.99 Å². The minimum Gasteiger partial charge on any atom is -0.387 e. The highest BCUT2D eigenvalue weighted by atomic mass is 16.3. The maximum Gasteiger partial charge on any atom is 0.134 e. The average molecular weight is 323 g/mol. The molecular weight excluding hydrogens is 302 g/mol. The third kappa shape index (κ3) is 2.97. The van der Waals surface area contributed by atoms with Crippen LogP contribution in [0.25, 0.3) is 11.3 Å². The second kappa shape index (κ2) is 5.87. The lowest BCUT2D eigenvalue weighted by molar-refractivity contribution is 0.194. The average Bonchev–Trinajstić information content (AvgIpc) is 3.39. The number of aliphatic imine (C=N–C) groups is 1. The Labute approximate surface area is 141 Å². The van der Waals surface area contributed by atoms with Crippen LogP contribution in [0.2, 0.25) is 0 Å². The highest BCUT2D eigenvalue weighted by molar-refractivity contribution is 5.76. The van der Waals surface area contributed by atoms with E-state index in [1.807, 2.05) is 31.6 Å². The third-order valence-electron chi connectivity index (χ3n) is 4.33. The van der Waals surface area contributed by atoms with Gasteiger partial charge in [0.05, 0.1) is 29.5 Å². The van der Waals surface area contributed by atoms with Crippen LogP contribution in [0.5, 0.6) is 0 Å². The van der Waals surface area contributed by atoms with Gasteiger partial charge in [-0.1, -0.05) is 0 Å². The van der Waals surface area contributed by atoms with Crippen molar-refractivity contribution < 1.29 is 5.11 Å². The first-order valence-corrected chi connectivity index (χ1v) is 8.29. The third-order valence-corrected chi connectivity index (χ3v) is 4.33. The summed E-state index contributed by atoms with van der Waals surface area (Å²) in [4.78, 5) is 15.8. The molecule has 0 spiro atoms. The van der Waals surface area contributed by atoms with Crippen molar-refractivity contribution in [2.45, 2.75) is 38.5 Å². The van der Waals surface area contributed by atoms with Crippen LogP contribution in [-0.4, -0.2) is 39.4 Å². The standard InChI is InChI=1S/C18H21N5O/c1-11(24)15-6-3-12(8-19-15)16-7-17-14(9-23(2)10-20-17)18(22-16)21-13-4-5-13/h3,6-8,10-11,13,24H,4-5,9H2,1-2H3,(H,21,22). The molecule has 6 nitrogen and oxygen atoms in total. The van der Waals surface area contributed by atoms with Crippen molar-refractivity contribution in [1.82, 2.24) is 14.9 Å². The molecule has 4 rings (SSSR count). The minimum atomic E-state index is -0.567. The molecule has 1 fully saturated rings. The number of hydrogen-bond donors (Lipinski definition) is 2. The topological polar surface area (TPSA) is 73.6 Å². The van der Waals surface area contributed by atoms with E-state index in [0.29, 0.717) is 11.7 Å². The number of hydrogen-bond acceptors (Lipinski definition) is 6. The van der Waals surface area contributed by atoms with Gasteiger partial charge in [-0.05, 0) is 38.0 Å². The zero-order valence-corrected chi connectivity index (χ0v) is 13.9. The zero-order chi connectivity index (χ0) is 16.7. The monoisotopic (exact) mass is 323 g/mol. The molecule has 6 heteroatoms. The molecule has 1 aliphatic carbocycles. The van der Waals surface area contributed by atoms with E-state index in [2.05, 4.69) is 20.2 Å². The largest absolute Gasteiger partial charge is 0.387 e. The van der Waals surface area contributed by atoms with Crippen molar-refractivity contribution in [3.8, 4) is 11.3 Å². The number of anilines is 1. The molecule has 0 radical (unpaired) electrons. The molecule has 1 aliphatic heterocycles. The molecule has 124 valence electrons. The molecule has 2 aromatic heterocycles. The van der Waals surface area contributed by atoms with Crippen LogP contribution < -0.4 is 5.32 Å². The highest BCUT2D eigenvalue weighted by Gasteiger charge is 2.25. The van der Waals surface area contributed by atoms with Crippen LogP contribution in [0.15, 0.2) is 29.4 Å². The predicted octanol–water partition coefficient (Wildman–Crippen LogP) is 2.88. The summed E-state index contributed by atoms with van der Waals surface area (Å²) < 4.78 is 0. The van der Waals surface area contributed by atoms with Gasteiger partial charge < -0.3 is 15.3 Å². The van der Waals surface area contributed by atoms with Crippen molar-refractivity contribution in [3.63, 3.8) is 0 Å². The van der Waals surface area contributed by atoms with Gasteiger partial charge in [0, 0.05) is 37.0 Å². The fourth-order valence-electron chi connectivity index (χ4n) is 2.77. The maximum atomic E-state index is 9.61. The number of rotatable bonds is 4. The molecule has 0 aromatic carbocycles. The second-order valence-corrected chi connectivity index (χ2v) is 6.58. The van der Waals surface area contributed by atoms with Crippen LogP contribution in [0, 0.1) is 0 Å². The number of nitrogens with one attached hydrogen (secondary N) is 1. The number of aromatic nitrogens is 2. The van der Waals surface area contributed by atoms with E-state index in [0.717, 1.165) is 34.9 Å². The summed E-state index contributed by atoms with van der Waals surface area (Å²) in [6.07, 6.45) is 5.44. The Morgan fingerprint density at radius 3 is 2.83 bits per heavy atom. The van der Waals surface area contributed by atoms with Gasteiger partial charge in [0.1, 0.15) is 5.82 Å². The number of aliphatic hydroxyl groups excluding tert-OH is 1. The maximum absolute atomic E-state index is 9.61. The van der Waals surface area contributed by atoms with Crippen molar-refractivity contribution in [1.29, 1.82) is 0 Å². The van der Waals surface area contributed by atoms with Gasteiger partial charge in [-0.15, -0.1) is 0 Å². The number of fused-ring (bicyclic) bond motifs is 1. The van der Waals surface area contributed by atoms with Gasteiger partial charge in [-0.2, -0.15) is 0 Å². The zero-order valence-electron chi connectivity index (χ0n) is 13.9. The second-order valence-electron chi connectivity index (χ2n) is 6.58. The van der Waals surface area contributed by atoms with E-state index in [9.17, 15) is 5.11 Å². The Balaban J connectivity index is 1.74. The molecule has 1 saturated carbocycles. The Kier molecular flexibility index (Phi) is 3.69. The van der Waals surface area contributed by atoms with E-state index in [-0.39, 0.29) is 0 Å². The van der Waals surface area contributed by atoms with E-state index in [1.54, 1.807) is 13.1 Å². The normalized spacial score (nSPS) is 17.5. The van der Waals surface area contributed by atoms with E-state index in [4.69, 9.17) is 4.98 Å². The summed E-state index contributed by atoms with van der Waals surface area (Å²) in [7, 11) is 2.01. The molecule has 24 heavy (non-hydrogen) atoms. The Hall–Kier alpha value is -2.47. The number of aliphatic hydroxyl groups is 1. The van der Waals surface area contributed by atoms with Crippen molar-refractivity contribution in [2.75, 3.05) is 12.4 Å². The van der Waals surface area contributed by atoms with Crippen LogP contribution >= 0.6 is 0 Å². The van der Waals surface area contributed by atoms with E-state index in [1.165, 1.54) is 12.8 Å². The summed E-state index contributed by atoms with van der Waals surface area (Å²) in [5.41, 5.74) is 4.54. The molecule has 0 saturated heterocycles. The van der Waals surface area contributed by atoms with Gasteiger partial charge in [-0.3, -0.25) is 4.98 Å². The molecule has 2 N–H and O–H groups in total. The SMILES string of the molecule is CC(O)c1ccc(-c2cc3c(c(NC4CC4)n2)CN(C)C=N3)cn1. The molecule has 2 aliphatic rings. The van der Waals surface area contributed by atoms with Gasteiger partial charge in [0.25, 0.3) is 0 Å². The molecular formula is C18H21N5O. The van der Waals surface area contributed by atoms with E-state index >= 15 is 0 Å². The molecule has 0 bridgehead atoms. The van der Waals surface area contributed by atoms with Gasteiger partial charge in [-0.25, -0.2) is 9.98 Å². The first kappa shape index (κ1) is 15.1. The highest BCUT2D eigenvalue weighted by Crippen LogP contribution is 2.35. The lowest BCUT2D eigenvalue weighted by Gasteiger charge is -2.23. The molecule has 1 unspecified atom stereocenters. The molecule has 1 atom stereocenters. The summed E-state index contributed by atoms with van der Waals surface area (Å²) in [6, 6.07) is 6.33. The minimum absolute atomic E-state index is 0.531. The Morgan fingerprint density at radius 2 is 2.17 bits per heavy atom. The fourth-order valence-corrected chi connectivity index (χ4v) is 2.77. The van der Waals surface area contributed by atoms with Crippen molar-refractivity contribution in [3.05, 3.63) is 35.7 Å². The fraction of sp³-hybridized carbons (Fsp3) is 0.389. The molecule has 2 aromatic rings. The van der Waals surface area contributed by atoms with E-state index < -0.39 is 6.10 Å². The quantitative estimate of drug-likeness (QED) is 0.905. The van der Waals surface area contributed by atoms with Crippen LogP contribution in [-0.2, 0) is 6.54 Å². The first-order chi connectivity index (χ1) is 11.6. The van der Waals surface area contributed by atoms with Crippen LogP contribution in [0.1, 0.15) is 37.1 Å². The molecule has 3 heterocycles. The van der Waals surface area contributed by atoms with Gasteiger partial charge in [0.2, 0.25) is 0 Å². The first-order valence-electron chi connectivity index (χ1n) is 8.29. The smallest absolute Gasteiger partial charge is 0.134 e. The van der Waals surface area contributed by atoms with Crippen molar-refractivity contribution >= 4 is 17.8 Å². The van der Waals surface area contributed by atoms with Gasteiger partial charge in [0.15, 0.2) is 0 Å². The summed E-state index contributed by atoms with van der Waals surface area (Å²) in [5, 5.41) is 13.1. The van der Waals surface area contributed by atoms with Gasteiger partial charge >= 0.3 is 0 Å². The predicted molar refractivity (Wildman–Crippen MR) is 94.4 cm³/mol. The summed E-state index contributed by atoms with van der Waals surface area (Å²) in [5.74, 6) is 0.924. The van der Waals surface area contributed by atoms with Crippen LogP contribution in [0.3, 0.4) is 0 Å². The number of pyridine rings is 2. The summed E-state index contributed by atoms with van der Waals surface area (Å²) in [6.45, 7) is 2.52. The number of nitrogens with zero attached hydrogens (tertiary/aromatic N) is 4. The lowest BCUT2D eigenvalue weighted by Crippen LogP contribution is -2.21. The summed E-state index contributed by atoms with van der Waals surface area (Å²) >= 11 is 0. The molecule has 0 amide bonds. The van der Waals surface area contributed by atoms with Crippen LogP contribution in [0.4, 0.5) is 11.5 Å².